The molecule has 0 bridgehead atoms. The lowest BCUT2D eigenvalue weighted by Crippen LogP contribution is -2.22. The van der Waals surface area contributed by atoms with Crippen LogP contribution in [0.15, 0.2) is 47.4 Å². The van der Waals surface area contributed by atoms with Crippen molar-refractivity contribution in [1.29, 1.82) is 0 Å². The Kier molecular flexibility index (Phi) is 6.81. The number of nitrogens with zero attached hydrogens (tertiary/aromatic N) is 1. The normalized spacial score (nSPS) is 11.7. The van der Waals surface area contributed by atoms with E-state index < -0.39 is 15.7 Å². The van der Waals surface area contributed by atoms with Gasteiger partial charge in [-0.25, -0.2) is 12.8 Å². The van der Waals surface area contributed by atoms with E-state index in [0.717, 1.165) is 23.4 Å². The molecule has 0 heterocycles. The quantitative estimate of drug-likeness (QED) is 0.649. The lowest BCUT2D eigenvalue weighted by Gasteiger charge is -2.18. The molecular formula is C18H21ClFNO3S. The lowest BCUT2D eigenvalue weighted by molar-refractivity contribution is 0.318. The molecule has 25 heavy (non-hydrogen) atoms. The topological polar surface area (TPSA) is 46.6 Å². The summed E-state index contributed by atoms with van der Waals surface area (Å²) in [5.74, 6) is 0.305. The third-order valence-electron chi connectivity index (χ3n) is 3.81. The van der Waals surface area contributed by atoms with Gasteiger partial charge in [0.15, 0.2) is 9.84 Å². The second-order valence-corrected chi connectivity index (χ2v) is 8.37. The summed E-state index contributed by atoms with van der Waals surface area (Å²) in [4.78, 5) is 2.15. The first-order valence-corrected chi connectivity index (χ1v) is 9.84. The molecule has 0 unspecified atom stereocenters. The van der Waals surface area contributed by atoms with Gasteiger partial charge in [0.1, 0.15) is 11.6 Å². The smallest absolute Gasteiger partial charge is 0.178 e. The van der Waals surface area contributed by atoms with Crippen molar-refractivity contribution in [2.45, 2.75) is 17.9 Å². The molecule has 2 aromatic rings. The van der Waals surface area contributed by atoms with Gasteiger partial charge in [0, 0.05) is 17.1 Å². The average Bonchev–Trinajstić information content (AvgIpc) is 2.55. The molecule has 0 aliphatic rings. The van der Waals surface area contributed by atoms with Crippen molar-refractivity contribution in [3.63, 3.8) is 0 Å². The average molecular weight is 386 g/mol. The summed E-state index contributed by atoms with van der Waals surface area (Å²) in [7, 11) is 0.103. The van der Waals surface area contributed by atoms with Gasteiger partial charge in [0.2, 0.25) is 0 Å². The van der Waals surface area contributed by atoms with E-state index in [2.05, 4.69) is 0 Å². The van der Waals surface area contributed by atoms with Crippen molar-refractivity contribution in [2.75, 3.05) is 26.5 Å². The molecule has 0 N–H and O–H groups in total. The van der Waals surface area contributed by atoms with E-state index in [1.165, 1.54) is 12.1 Å². The molecule has 0 amide bonds. The maximum absolute atomic E-state index is 12.9. The largest absolute Gasteiger partial charge is 0.496 e. The standard InChI is InChI=1S/C18H21ClFNO3S/c1-21(13-14-12-15(19)4-9-18(14)24-2)10-3-11-25(22,23)17-7-5-16(20)6-8-17/h4-9,12H,3,10-11,13H2,1-2H3. The number of halogens is 2. The third kappa shape index (κ3) is 5.70. The highest BCUT2D eigenvalue weighted by atomic mass is 35.5. The van der Waals surface area contributed by atoms with Crippen LogP contribution in [0.25, 0.3) is 0 Å². The molecule has 0 radical (unpaired) electrons. The Bertz CT molecular complexity index is 810. The molecule has 0 aliphatic heterocycles. The number of methoxy groups -OCH3 is 1. The molecule has 4 nitrogen and oxygen atoms in total. The maximum atomic E-state index is 12.9. The highest BCUT2D eigenvalue weighted by Crippen LogP contribution is 2.23. The molecule has 0 saturated heterocycles. The van der Waals surface area contributed by atoms with E-state index in [9.17, 15) is 12.8 Å². The van der Waals surface area contributed by atoms with Gasteiger partial charge in [-0.05, 0) is 62.5 Å². The Balaban J connectivity index is 1.91. The van der Waals surface area contributed by atoms with Crippen LogP contribution in [0.1, 0.15) is 12.0 Å². The summed E-state index contributed by atoms with van der Waals surface area (Å²) in [6.07, 6.45) is 0.471. The van der Waals surface area contributed by atoms with Crippen molar-refractivity contribution in [1.82, 2.24) is 4.90 Å². The number of hydrogen-bond donors (Lipinski definition) is 0. The molecule has 0 atom stereocenters. The summed E-state index contributed by atoms with van der Waals surface area (Å²) in [5.41, 5.74) is 0.943. The minimum Gasteiger partial charge on any atom is -0.496 e. The Morgan fingerprint density at radius 2 is 1.84 bits per heavy atom. The number of hydrogen-bond acceptors (Lipinski definition) is 4. The first-order valence-electron chi connectivity index (χ1n) is 7.81. The third-order valence-corrected chi connectivity index (χ3v) is 5.86. The van der Waals surface area contributed by atoms with E-state index >= 15 is 0 Å². The predicted molar refractivity (Wildman–Crippen MR) is 97.4 cm³/mol. The minimum absolute atomic E-state index is 0.00958. The van der Waals surface area contributed by atoms with Gasteiger partial charge in [0.05, 0.1) is 17.8 Å². The van der Waals surface area contributed by atoms with Crippen LogP contribution in [0.3, 0.4) is 0 Å². The Labute approximate surface area is 153 Å². The Hall–Kier alpha value is -1.63. The minimum atomic E-state index is -3.40. The van der Waals surface area contributed by atoms with Gasteiger partial charge in [-0.2, -0.15) is 0 Å². The van der Waals surface area contributed by atoms with Crippen LogP contribution in [-0.4, -0.2) is 39.8 Å². The molecule has 0 spiro atoms. The fraction of sp³-hybridized carbons (Fsp3) is 0.333. The summed E-state index contributed by atoms with van der Waals surface area (Å²) >= 11 is 6.02. The molecule has 0 fully saturated rings. The molecule has 2 aromatic carbocycles. The molecular weight excluding hydrogens is 365 g/mol. The van der Waals surface area contributed by atoms with E-state index in [-0.39, 0.29) is 10.6 Å². The zero-order valence-electron chi connectivity index (χ0n) is 14.2. The van der Waals surface area contributed by atoms with Gasteiger partial charge in [-0.1, -0.05) is 11.6 Å². The van der Waals surface area contributed by atoms with Crippen molar-refractivity contribution in [2.24, 2.45) is 0 Å². The van der Waals surface area contributed by atoms with Gasteiger partial charge in [-0.3, -0.25) is 0 Å². The summed E-state index contributed by atoms with van der Waals surface area (Å²) in [6, 6.07) is 10.3. The van der Waals surface area contributed by atoms with Crippen LogP contribution in [0.2, 0.25) is 5.02 Å². The first kappa shape index (κ1) is 19.7. The predicted octanol–water partition coefficient (Wildman–Crippen LogP) is 3.78. The van der Waals surface area contributed by atoms with Crippen LogP contribution < -0.4 is 4.74 Å². The van der Waals surface area contributed by atoms with Crippen molar-refractivity contribution in [3.8, 4) is 5.75 Å². The first-order chi connectivity index (χ1) is 11.8. The number of ether oxygens (including phenoxy) is 1. The van der Waals surface area contributed by atoms with Crippen LogP contribution in [0, 0.1) is 5.82 Å². The maximum Gasteiger partial charge on any atom is 0.178 e. The van der Waals surface area contributed by atoms with Crippen LogP contribution in [0.5, 0.6) is 5.75 Å². The highest BCUT2D eigenvalue weighted by molar-refractivity contribution is 7.91. The van der Waals surface area contributed by atoms with Gasteiger partial charge < -0.3 is 9.64 Å². The van der Waals surface area contributed by atoms with Gasteiger partial charge >= 0.3 is 0 Å². The van der Waals surface area contributed by atoms with Crippen LogP contribution in [-0.2, 0) is 16.4 Å². The van der Waals surface area contributed by atoms with Gasteiger partial charge in [-0.15, -0.1) is 0 Å². The van der Waals surface area contributed by atoms with E-state index in [1.54, 1.807) is 13.2 Å². The molecule has 0 aromatic heterocycles. The fourth-order valence-corrected chi connectivity index (χ4v) is 4.02. The molecule has 0 aliphatic carbocycles. The highest BCUT2D eigenvalue weighted by Gasteiger charge is 2.15. The molecule has 136 valence electrons. The number of benzene rings is 2. The second kappa shape index (κ2) is 8.65. The van der Waals surface area contributed by atoms with Crippen LogP contribution in [0.4, 0.5) is 4.39 Å². The van der Waals surface area contributed by atoms with Gasteiger partial charge in [0.25, 0.3) is 0 Å². The summed E-state index contributed by atoms with van der Waals surface area (Å²) in [6.45, 7) is 1.19. The number of rotatable bonds is 8. The van der Waals surface area contributed by atoms with E-state index in [1.807, 2.05) is 24.1 Å². The Morgan fingerprint density at radius 1 is 1.16 bits per heavy atom. The fourth-order valence-electron chi connectivity index (χ4n) is 2.52. The zero-order chi connectivity index (χ0) is 18.4. The zero-order valence-corrected chi connectivity index (χ0v) is 15.8. The van der Waals surface area contributed by atoms with E-state index in [0.29, 0.717) is 24.5 Å². The van der Waals surface area contributed by atoms with Crippen molar-refractivity contribution >= 4 is 21.4 Å². The Morgan fingerprint density at radius 3 is 2.48 bits per heavy atom. The van der Waals surface area contributed by atoms with Crippen LogP contribution >= 0.6 is 11.6 Å². The van der Waals surface area contributed by atoms with Crippen molar-refractivity contribution < 1.29 is 17.5 Å². The molecule has 7 heteroatoms. The molecule has 0 saturated carbocycles. The van der Waals surface area contributed by atoms with E-state index in [4.69, 9.17) is 16.3 Å². The number of sulfone groups is 1. The second-order valence-electron chi connectivity index (χ2n) is 5.82. The SMILES string of the molecule is COc1ccc(Cl)cc1CN(C)CCCS(=O)(=O)c1ccc(F)cc1. The summed E-state index contributed by atoms with van der Waals surface area (Å²) in [5, 5.41) is 0.628. The summed E-state index contributed by atoms with van der Waals surface area (Å²) < 4.78 is 42.7. The molecule has 2 rings (SSSR count). The van der Waals surface area contributed by atoms with Crippen molar-refractivity contribution in [3.05, 3.63) is 58.9 Å². The monoisotopic (exact) mass is 385 g/mol. The lowest BCUT2D eigenvalue weighted by atomic mass is 10.2.